The lowest BCUT2D eigenvalue weighted by Crippen LogP contribution is -2.58. The van der Waals surface area contributed by atoms with Crippen molar-refractivity contribution in [1.82, 2.24) is 9.62 Å². The van der Waals surface area contributed by atoms with E-state index < -0.39 is 21.7 Å². The van der Waals surface area contributed by atoms with Crippen LogP contribution in [0.1, 0.15) is 26.7 Å². The Balaban J connectivity index is 2.14. The molecule has 2 aliphatic rings. The van der Waals surface area contributed by atoms with Crippen LogP contribution >= 0.6 is 0 Å². The first kappa shape index (κ1) is 15.2. The van der Waals surface area contributed by atoms with E-state index in [1.807, 2.05) is 13.8 Å². The molecule has 0 aromatic carbocycles. The van der Waals surface area contributed by atoms with Gasteiger partial charge in [0.2, 0.25) is 10.0 Å². The van der Waals surface area contributed by atoms with E-state index in [0.717, 1.165) is 13.0 Å². The van der Waals surface area contributed by atoms with Gasteiger partial charge in [0, 0.05) is 19.6 Å². The van der Waals surface area contributed by atoms with Gasteiger partial charge in [-0.15, -0.1) is 0 Å². The Hall–Kier alpha value is -0.210. The molecule has 0 radical (unpaired) electrons. The minimum absolute atomic E-state index is 0.154. The summed E-state index contributed by atoms with van der Waals surface area (Å²) in [5.74, 6) is 0. The Kier molecular flexibility index (Phi) is 4.52. The summed E-state index contributed by atoms with van der Waals surface area (Å²) in [4.78, 5) is 0. The third-order valence-corrected chi connectivity index (χ3v) is 5.93. The van der Waals surface area contributed by atoms with E-state index in [9.17, 15) is 13.5 Å². The van der Waals surface area contributed by atoms with Crippen LogP contribution in [0, 0.1) is 0 Å². The van der Waals surface area contributed by atoms with Gasteiger partial charge in [0.05, 0.1) is 23.6 Å². The molecule has 0 saturated carbocycles. The van der Waals surface area contributed by atoms with Crippen molar-refractivity contribution in [3.05, 3.63) is 0 Å². The molecular formula is C12H24N2O4S. The zero-order valence-electron chi connectivity index (χ0n) is 11.6. The summed E-state index contributed by atoms with van der Waals surface area (Å²) in [6, 6.07) is 0. The second kappa shape index (κ2) is 5.65. The molecule has 2 N–H and O–H groups in total. The maximum atomic E-state index is 12.6. The van der Waals surface area contributed by atoms with Crippen molar-refractivity contribution in [3.8, 4) is 0 Å². The van der Waals surface area contributed by atoms with Gasteiger partial charge in [-0.1, -0.05) is 0 Å². The molecular weight excluding hydrogens is 268 g/mol. The second-order valence-corrected chi connectivity index (χ2v) is 8.20. The summed E-state index contributed by atoms with van der Waals surface area (Å²) < 4.78 is 32.4. The first-order valence-corrected chi connectivity index (χ1v) is 8.34. The Labute approximate surface area is 115 Å². The van der Waals surface area contributed by atoms with Crippen LogP contribution in [0.25, 0.3) is 0 Å². The molecule has 112 valence electrons. The predicted octanol–water partition coefficient (Wildman–Crippen LogP) is -0.460. The minimum atomic E-state index is -3.32. The van der Waals surface area contributed by atoms with E-state index in [1.165, 1.54) is 4.31 Å². The average molecular weight is 292 g/mol. The molecule has 2 aliphatic heterocycles. The van der Waals surface area contributed by atoms with E-state index >= 15 is 0 Å². The summed E-state index contributed by atoms with van der Waals surface area (Å²) in [6.07, 6.45) is 1.16. The van der Waals surface area contributed by atoms with Gasteiger partial charge < -0.3 is 15.2 Å². The number of piperidine rings is 1. The van der Waals surface area contributed by atoms with Crippen LogP contribution < -0.4 is 5.32 Å². The maximum Gasteiger partial charge on any atom is 0.218 e. The van der Waals surface area contributed by atoms with Crippen molar-refractivity contribution in [2.75, 3.05) is 32.8 Å². The molecule has 2 unspecified atom stereocenters. The molecule has 2 heterocycles. The summed E-state index contributed by atoms with van der Waals surface area (Å²) >= 11 is 0. The average Bonchev–Trinajstić information content (AvgIpc) is 2.37. The number of aliphatic hydroxyl groups excluding tert-OH is 1. The number of sulfonamides is 1. The Morgan fingerprint density at radius 3 is 2.79 bits per heavy atom. The first-order chi connectivity index (χ1) is 8.85. The van der Waals surface area contributed by atoms with Gasteiger partial charge in [-0.25, -0.2) is 8.42 Å². The van der Waals surface area contributed by atoms with E-state index in [0.29, 0.717) is 19.5 Å². The number of hydrogen-bond acceptors (Lipinski definition) is 5. The number of morpholine rings is 1. The third-order valence-electron chi connectivity index (χ3n) is 3.69. The summed E-state index contributed by atoms with van der Waals surface area (Å²) in [6.45, 7) is 5.57. The van der Waals surface area contributed by atoms with Crippen molar-refractivity contribution in [3.63, 3.8) is 0 Å². The van der Waals surface area contributed by atoms with E-state index in [-0.39, 0.29) is 18.4 Å². The number of nitrogens with zero attached hydrogens (tertiary/aromatic N) is 1. The SMILES string of the molecule is CC1(C)CN(S(=O)(=O)C2CCCNC2)CC(CO)O1. The number of hydrogen-bond donors (Lipinski definition) is 2. The van der Waals surface area contributed by atoms with Gasteiger partial charge in [-0.3, -0.25) is 0 Å². The Morgan fingerprint density at radius 1 is 1.47 bits per heavy atom. The van der Waals surface area contributed by atoms with Gasteiger partial charge in [-0.05, 0) is 33.2 Å². The largest absolute Gasteiger partial charge is 0.394 e. The highest BCUT2D eigenvalue weighted by atomic mass is 32.2. The van der Waals surface area contributed by atoms with E-state index in [1.54, 1.807) is 0 Å². The molecule has 2 atom stereocenters. The van der Waals surface area contributed by atoms with E-state index in [2.05, 4.69) is 5.32 Å². The molecule has 6 nitrogen and oxygen atoms in total. The van der Waals surface area contributed by atoms with Crippen molar-refractivity contribution >= 4 is 10.0 Å². The second-order valence-electron chi connectivity index (χ2n) is 5.99. The van der Waals surface area contributed by atoms with Crippen LogP contribution in [0.3, 0.4) is 0 Å². The minimum Gasteiger partial charge on any atom is -0.394 e. The molecule has 0 aromatic rings. The number of rotatable bonds is 3. The third kappa shape index (κ3) is 3.46. The fourth-order valence-electron chi connectivity index (χ4n) is 2.82. The number of ether oxygens (including phenoxy) is 1. The highest BCUT2D eigenvalue weighted by Gasteiger charge is 2.41. The van der Waals surface area contributed by atoms with Crippen LogP contribution in [0.2, 0.25) is 0 Å². The topological polar surface area (TPSA) is 78.9 Å². The summed E-state index contributed by atoms with van der Waals surface area (Å²) in [5, 5.41) is 12.0. The van der Waals surface area contributed by atoms with Gasteiger partial charge >= 0.3 is 0 Å². The van der Waals surface area contributed by atoms with Crippen LogP contribution in [0.15, 0.2) is 0 Å². The number of aliphatic hydroxyl groups is 1. The zero-order valence-corrected chi connectivity index (χ0v) is 12.4. The standard InChI is InChI=1S/C12H24N2O4S/c1-12(2)9-14(7-10(8-15)18-12)19(16,17)11-4-3-5-13-6-11/h10-11,13,15H,3-9H2,1-2H3. The molecule has 0 spiro atoms. The van der Waals surface area contributed by atoms with Crippen LogP contribution in [0.5, 0.6) is 0 Å². The molecule has 0 aromatic heterocycles. The quantitative estimate of drug-likeness (QED) is 0.736. The van der Waals surface area contributed by atoms with Crippen LogP contribution in [-0.4, -0.2) is 67.6 Å². The Morgan fingerprint density at radius 2 is 2.21 bits per heavy atom. The normalized spacial score (nSPS) is 33.2. The van der Waals surface area contributed by atoms with Crippen LogP contribution in [-0.2, 0) is 14.8 Å². The van der Waals surface area contributed by atoms with Crippen molar-refractivity contribution in [2.24, 2.45) is 0 Å². The molecule has 19 heavy (non-hydrogen) atoms. The fraction of sp³-hybridized carbons (Fsp3) is 1.00. The zero-order chi connectivity index (χ0) is 14.1. The molecule has 0 bridgehead atoms. The Bertz CT molecular complexity index is 404. The first-order valence-electron chi connectivity index (χ1n) is 6.83. The van der Waals surface area contributed by atoms with Crippen LogP contribution in [0.4, 0.5) is 0 Å². The van der Waals surface area contributed by atoms with Crippen molar-refractivity contribution in [1.29, 1.82) is 0 Å². The highest BCUT2D eigenvalue weighted by Crippen LogP contribution is 2.26. The molecule has 0 aliphatic carbocycles. The van der Waals surface area contributed by atoms with Gasteiger partial charge in [0.1, 0.15) is 0 Å². The predicted molar refractivity (Wildman–Crippen MR) is 72.4 cm³/mol. The van der Waals surface area contributed by atoms with Gasteiger partial charge in [0.15, 0.2) is 0 Å². The molecule has 2 fully saturated rings. The molecule has 7 heteroatoms. The fourth-order valence-corrected chi connectivity index (χ4v) is 4.90. The summed E-state index contributed by atoms with van der Waals surface area (Å²) in [7, 11) is -3.32. The molecule has 2 rings (SSSR count). The highest BCUT2D eigenvalue weighted by molar-refractivity contribution is 7.89. The van der Waals surface area contributed by atoms with Gasteiger partial charge in [0.25, 0.3) is 0 Å². The smallest absolute Gasteiger partial charge is 0.218 e. The maximum absolute atomic E-state index is 12.6. The van der Waals surface area contributed by atoms with Crippen molar-refractivity contribution in [2.45, 2.75) is 43.6 Å². The lowest BCUT2D eigenvalue weighted by atomic mass is 10.1. The van der Waals surface area contributed by atoms with Gasteiger partial charge in [-0.2, -0.15) is 4.31 Å². The molecule has 0 amide bonds. The van der Waals surface area contributed by atoms with Crippen molar-refractivity contribution < 1.29 is 18.3 Å². The van der Waals surface area contributed by atoms with E-state index in [4.69, 9.17) is 4.74 Å². The monoisotopic (exact) mass is 292 g/mol. The summed E-state index contributed by atoms with van der Waals surface area (Å²) in [5.41, 5.74) is -0.555. The lowest BCUT2D eigenvalue weighted by molar-refractivity contribution is -0.131. The number of nitrogens with one attached hydrogen (secondary N) is 1. The molecule has 2 saturated heterocycles. The lowest BCUT2D eigenvalue weighted by Gasteiger charge is -2.43.